The van der Waals surface area contributed by atoms with Crippen molar-refractivity contribution in [1.29, 1.82) is 0 Å². The van der Waals surface area contributed by atoms with Crippen LogP contribution in [0.2, 0.25) is 0 Å². The minimum Gasteiger partial charge on any atom is -0.872 e. The molecule has 0 bridgehead atoms. The van der Waals surface area contributed by atoms with Gasteiger partial charge in [-0.25, -0.2) is 9.59 Å². The fourth-order valence-electron chi connectivity index (χ4n) is 5.68. The van der Waals surface area contributed by atoms with E-state index < -0.39 is 0 Å². The number of hydrogen-bond acceptors (Lipinski definition) is 12. The first-order valence-electron chi connectivity index (χ1n) is 21.3. The second kappa shape index (κ2) is 31.5. The van der Waals surface area contributed by atoms with Gasteiger partial charge in [-0.1, -0.05) is 102 Å². The number of hydrogen-bond donors (Lipinski definition) is 0. The van der Waals surface area contributed by atoms with Crippen LogP contribution in [0, 0.1) is 0 Å². The molecule has 13 heteroatoms. The molecule has 0 spiro atoms. The minimum absolute atomic E-state index is 0. The maximum absolute atomic E-state index is 12.0. The van der Waals surface area contributed by atoms with Crippen molar-refractivity contribution in [3.63, 3.8) is 0 Å². The Morgan fingerprint density at radius 2 is 0.803 bits per heavy atom. The van der Waals surface area contributed by atoms with Gasteiger partial charge in [0.25, 0.3) is 0 Å². The molecule has 0 saturated carbocycles. The summed E-state index contributed by atoms with van der Waals surface area (Å²) in [5.41, 5.74) is 4.31. The van der Waals surface area contributed by atoms with Gasteiger partial charge in [0.2, 0.25) is 0 Å². The number of carbonyl (C=O) groups is 2. The summed E-state index contributed by atoms with van der Waals surface area (Å²) in [5.74, 6) is -0.896. The van der Waals surface area contributed by atoms with Crippen LogP contribution in [0.3, 0.4) is 0 Å². The van der Waals surface area contributed by atoms with Gasteiger partial charge in [-0.05, 0) is 111 Å². The van der Waals surface area contributed by atoms with Crippen molar-refractivity contribution in [2.75, 3.05) is 26.3 Å². The third-order valence-corrected chi connectivity index (χ3v) is 9.05. The van der Waals surface area contributed by atoms with Crippen molar-refractivity contribution in [2.24, 2.45) is 30.4 Å². The molecule has 0 saturated heterocycles. The first-order valence-corrected chi connectivity index (χ1v) is 21.3. The number of aliphatic imine (C=N–C) groups is 2. The van der Waals surface area contributed by atoms with Crippen LogP contribution in [0.4, 0.5) is 22.7 Å². The third kappa shape index (κ3) is 21.1. The van der Waals surface area contributed by atoms with E-state index in [1.807, 2.05) is 0 Å². The zero-order chi connectivity index (χ0) is 43.2. The second-order valence-corrected chi connectivity index (χ2v) is 14.0. The Balaban J connectivity index is 0.000000413. The van der Waals surface area contributed by atoms with Crippen LogP contribution in [0.25, 0.3) is 0 Å². The van der Waals surface area contributed by atoms with Gasteiger partial charge in [0.15, 0.2) is 0 Å². The Morgan fingerprint density at radius 3 is 1.16 bits per heavy atom. The molecular weight excluding hydrogens is 863 g/mol. The molecule has 0 aliphatic carbocycles. The molecule has 12 nitrogen and oxygen atoms in total. The third-order valence-electron chi connectivity index (χ3n) is 9.05. The molecule has 61 heavy (non-hydrogen) atoms. The maximum Gasteiger partial charge on any atom is 2.00 e. The molecule has 0 radical (unpaired) electrons. The number of nitrogens with zero attached hydrogens (tertiary/aromatic N) is 6. The number of unbranched alkanes of at least 4 members (excludes halogenated alkanes) is 10. The summed E-state index contributed by atoms with van der Waals surface area (Å²) in [4.78, 5) is 32.1. The first-order chi connectivity index (χ1) is 29.3. The Kier molecular flexibility index (Phi) is 26.7. The fourth-order valence-corrected chi connectivity index (χ4v) is 5.68. The average Bonchev–Trinajstić information content (AvgIpc) is 3.26. The fraction of sp³-hybridized carbons (Fsp3) is 0.417. The molecule has 0 N–H and O–H groups in total. The topological polar surface area (TPSA) is 173 Å². The van der Waals surface area contributed by atoms with Gasteiger partial charge in [-0.2, -0.15) is 20.5 Å². The van der Waals surface area contributed by atoms with E-state index >= 15 is 0 Å². The average molecular weight is 923 g/mol. The van der Waals surface area contributed by atoms with Crippen LogP contribution in [0.5, 0.6) is 11.5 Å². The van der Waals surface area contributed by atoms with E-state index in [9.17, 15) is 19.8 Å². The van der Waals surface area contributed by atoms with Gasteiger partial charge in [-0.3, -0.25) is 9.98 Å². The summed E-state index contributed by atoms with van der Waals surface area (Å²) in [6.45, 7) is 10.1. The molecule has 0 amide bonds. The predicted octanol–water partition coefficient (Wildman–Crippen LogP) is 12.3. The SMILES string of the molecule is CCCCCCCCN=Cc1cc(N=Nc2ccc(C(=O)OCC)cc2)ccc1[O-].CCCCCCCCN=Cc1cc(N=Nc2ccc(C(=O)OCC)cc2)ccc1[O-].[Pd+2]. The second-order valence-electron chi connectivity index (χ2n) is 14.0. The molecule has 4 aromatic carbocycles. The van der Waals surface area contributed by atoms with Crippen molar-refractivity contribution in [3.05, 3.63) is 107 Å². The summed E-state index contributed by atoms with van der Waals surface area (Å²) < 4.78 is 9.91. The van der Waals surface area contributed by atoms with Crippen LogP contribution in [-0.4, -0.2) is 50.7 Å². The molecule has 4 aromatic rings. The van der Waals surface area contributed by atoms with Crippen molar-refractivity contribution in [2.45, 2.75) is 105 Å². The zero-order valence-corrected chi connectivity index (χ0v) is 37.6. The van der Waals surface area contributed by atoms with E-state index in [-0.39, 0.29) is 43.9 Å². The number of benzene rings is 4. The molecular formula is C48H60N6O6Pd. The van der Waals surface area contributed by atoms with Crippen LogP contribution >= 0.6 is 0 Å². The van der Waals surface area contributed by atoms with E-state index in [0.717, 1.165) is 25.9 Å². The molecule has 0 fully saturated rings. The number of rotatable bonds is 24. The normalized spacial score (nSPS) is 11.2. The summed E-state index contributed by atoms with van der Waals surface area (Å²) >= 11 is 0. The van der Waals surface area contributed by atoms with Gasteiger partial charge in [0, 0.05) is 25.5 Å². The Morgan fingerprint density at radius 1 is 0.475 bits per heavy atom. The smallest absolute Gasteiger partial charge is 0.872 e. The Hall–Kier alpha value is -5.38. The van der Waals surface area contributed by atoms with Gasteiger partial charge in [-0.15, -0.1) is 0 Å². The van der Waals surface area contributed by atoms with Crippen LogP contribution in [0.1, 0.15) is 137 Å². The molecule has 328 valence electrons. The van der Waals surface area contributed by atoms with Gasteiger partial charge in [0.1, 0.15) is 0 Å². The van der Waals surface area contributed by atoms with Crippen molar-refractivity contribution in [1.82, 2.24) is 0 Å². The number of carbonyl (C=O) groups excluding carboxylic acids is 2. The summed E-state index contributed by atoms with van der Waals surface area (Å²) in [7, 11) is 0. The molecule has 0 aliphatic heterocycles. The number of esters is 2. The number of azo groups is 2. The monoisotopic (exact) mass is 922 g/mol. The maximum atomic E-state index is 12.0. The zero-order valence-electron chi connectivity index (χ0n) is 36.0. The molecule has 0 aliphatic rings. The minimum atomic E-state index is -0.364. The van der Waals surface area contributed by atoms with Gasteiger partial charge >= 0.3 is 32.4 Å². The van der Waals surface area contributed by atoms with E-state index in [1.165, 1.54) is 76.3 Å². The van der Waals surface area contributed by atoms with E-state index in [0.29, 0.717) is 58.2 Å². The van der Waals surface area contributed by atoms with Gasteiger partial charge in [0.05, 0.1) is 47.1 Å². The molecule has 0 aromatic heterocycles. The summed E-state index contributed by atoms with van der Waals surface area (Å²) in [5, 5.41) is 40.8. The molecule has 4 rings (SSSR count). The largest absolute Gasteiger partial charge is 2.00 e. The predicted molar refractivity (Wildman–Crippen MR) is 237 cm³/mol. The van der Waals surface area contributed by atoms with E-state index in [1.54, 1.807) is 99.1 Å². The molecule has 0 unspecified atom stereocenters. The molecule has 0 atom stereocenters. The van der Waals surface area contributed by atoms with Crippen molar-refractivity contribution < 1.29 is 49.7 Å². The van der Waals surface area contributed by atoms with Crippen LogP contribution in [-0.2, 0) is 29.9 Å². The van der Waals surface area contributed by atoms with Gasteiger partial charge < -0.3 is 19.7 Å². The summed E-state index contributed by atoms with van der Waals surface area (Å²) in [6, 6.07) is 22.9. The standard InChI is InChI=1S/2C24H31N3O3.Pd/c2*1-3-5-6-7-8-9-16-25-18-20-17-22(14-15-23(20)28)27-26-21-12-10-19(11-13-21)24(29)30-4-2;/h2*10-15,17-18,28H,3-9,16H2,1-2H3;/q;;+2/p-2. The number of ether oxygens (including phenoxy) is 2. The van der Waals surface area contributed by atoms with Crippen LogP contribution in [0.15, 0.2) is 115 Å². The van der Waals surface area contributed by atoms with E-state index in [4.69, 9.17) is 9.47 Å². The Labute approximate surface area is 375 Å². The van der Waals surface area contributed by atoms with Crippen molar-refractivity contribution >= 4 is 47.1 Å². The quantitative estimate of drug-likeness (QED) is 0.0222. The van der Waals surface area contributed by atoms with E-state index in [2.05, 4.69) is 44.3 Å². The van der Waals surface area contributed by atoms with Crippen molar-refractivity contribution in [3.8, 4) is 11.5 Å². The Bertz CT molecular complexity index is 1840. The summed E-state index contributed by atoms with van der Waals surface area (Å²) in [6.07, 6.45) is 17.8. The molecule has 0 heterocycles. The first kappa shape index (κ1) is 51.8. The van der Waals surface area contributed by atoms with Crippen LogP contribution < -0.4 is 10.2 Å².